The van der Waals surface area contributed by atoms with Crippen LogP contribution in [0.2, 0.25) is 0 Å². The number of carbonyl (C=O) groups is 3. The number of carbonyl (C=O) groups excluding carboxylic acids is 3. The van der Waals surface area contributed by atoms with E-state index in [0.717, 1.165) is 62.5 Å². The Morgan fingerprint density at radius 1 is 1.05 bits per heavy atom. The number of alkyl carbamates (subject to hydrolysis) is 1. The monoisotopic (exact) mass is 543 g/mol. The second kappa shape index (κ2) is 15.9. The number of unbranched alkanes of at least 4 members (excludes halogenated alkanes) is 3. The van der Waals surface area contributed by atoms with Crippen molar-refractivity contribution in [2.45, 2.75) is 136 Å². The van der Waals surface area contributed by atoms with Gasteiger partial charge in [0.2, 0.25) is 11.8 Å². The van der Waals surface area contributed by atoms with Crippen molar-refractivity contribution >= 4 is 17.9 Å². The van der Waals surface area contributed by atoms with Gasteiger partial charge in [-0.15, -0.1) is 0 Å². The van der Waals surface area contributed by atoms with Gasteiger partial charge in [-0.25, -0.2) is 4.79 Å². The number of rotatable bonds is 13. The van der Waals surface area contributed by atoms with Crippen molar-refractivity contribution in [3.63, 3.8) is 0 Å². The molecule has 1 aliphatic rings. The van der Waals surface area contributed by atoms with Crippen molar-refractivity contribution in [3.05, 3.63) is 35.4 Å². The van der Waals surface area contributed by atoms with Gasteiger partial charge >= 0.3 is 6.09 Å². The molecule has 0 aliphatic heterocycles. The third-order valence-corrected chi connectivity index (χ3v) is 7.56. The molecule has 2 rings (SSSR count). The topological polar surface area (TPSA) is 87.7 Å². The fraction of sp³-hybridized carbons (Fsp3) is 0.719. The van der Waals surface area contributed by atoms with Gasteiger partial charge in [-0.2, -0.15) is 0 Å². The van der Waals surface area contributed by atoms with E-state index < -0.39 is 23.8 Å². The lowest BCUT2D eigenvalue weighted by Gasteiger charge is -2.37. The first-order valence-corrected chi connectivity index (χ1v) is 15.1. The van der Waals surface area contributed by atoms with Crippen molar-refractivity contribution in [2.75, 3.05) is 6.54 Å². The van der Waals surface area contributed by atoms with Gasteiger partial charge in [0.05, 0.1) is 0 Å². The van der Waals surface area contributed by atoms with E-state index in [0.29, 0.717) is 13.0 Å². The summed E-state index contributed by atoms with van der Waals surface area (Å²) in [5.41, 5.74) is 1.15. The minimum Gasteiger partial charge on any atom is -0.444 e. The molecule has 3 atom stereocenters. The molecule has 1 aliphatic carbocycles. The molecule has 7 heteroatoms. The molecule has 3 amide bonds. The third kappa shape index (κ3) is 10.8. The van der Waals surface area contributed by atoms with Crippen LogP contribution in [0.1, 0.15) is 123 Å². The average molecular weight is 544 g/mol. The lowest BCUT2D eigenvalue weighted by molar-refractivity contribution is -0.144. The molecule has 2 N–H and O–H groups in total. The molecule has 0 radical (unpaired) electrons. The molecule has 0 saturated heterocycles. The standard InChI is InChI=1S/C32H53N3O4/c1-8-10-11-15-21-35(30(37)27(24(4)9-2)34-31(38)39-32(5,6)7)28(25-18-16-17-23(3)22-25)29(36)33-26-19-13-12-14-20-26/h16-18,22,24,26-28H,8-15,19-21H2,1-7H3,(H,33,36)(H,34,38). The predicted octanol–water partition coefficient (Wildman–Crippen LogP) is 6.83. The minimum atomic E-state index is -0.800. The van der Waals surface area contributed by atoms with Crippen LogP contribution in [0.3, 0.4) is 0 Å². The van der Waals surface area contributed by atoms with Crippen LogP contribution in [0.25, 0.3) is 0 Å². The summed E-state index contributed by atoms with van der Waals surface area (Å²) >= 11 is 0. The molecule has 0 heterocycles. The number of benzene rings is 1. The van der Waals surface area contributed by atoms with Gasteiger partial charge in [-0.05, 0) is 58.4 Å². The van der Waals surface area contributed by atoms with E-state index in [1.807, 2.05) is 45.0 Å². The summed E-state index contributed by atoms with van der Waals surface area (Å²) in [6, 6.07) is 6.43. The van der Waals surface area contributed by atoms with Crippen molar-refractivity contribution < 1.29 is 19.1 Å². The molecule has 1 aromatic rings. The Morgan fingerprint density at radius 3 is 2.33 bits per heavy atom. The molecular weight excluding hydrogens is 490 g/mol. The molecular formula is C32H53N3O4. The maximum atomic E-state index is 14.4. The van der Waals surface area contributed by atoms with Crippen LogP contribution in [-0.4, -0.2) is 47.0 Å². The first-order chi connectivity index (χ1) is 18.5. The summed E-state index contributed by atoms with van der Waals surface area (Å²) in [7, 11) is 0. The smallest absolute Gasteiger partial charge is 0.408 e. The molecule has 39 heavy (non-hydrogen) atoms. The molecule has 7 nitrogen and oxygen atoms in total. The van der Waals surface area contributed by atoms with Crippen molar-refractivity contribution in [1.29, 1.82) is 0 Å². The maximum absolute atomic E-state index is 14.4. The number of nitrogens with zero attached hydrogens (tertiary/aromatic N) is 1. The van der Waals surface area contributed by atoms with Gasteiger partial charge in [-0.1, -0.05) is 95.5 Å². The summed E-state index contributed by atoms with van der Waals surface area (Å²) in [6.45, 7) is 14.0. The quantitative estimate of drug-likeness (QED) is 0.267. The highest BCUT2D eigenvalue weighted by Gasteiger charge is 2.38. The van der Waals surface area contributed by atoms with Crippen LogP contribution in [0.5, 0.6) is 0 Å². The Bertz CT molecular complexity index is 920. The zero-order chi connectivity index (χ0) is 29.0. The summed E-state index contributed by atoms with van der Waals surface area (Å²) < 4.78 is 5.51. The fourth-order valence-electron chi connectivity index (χ4n) is 5.21. The van der Waals surface area contributed by atoms with Gasteiger partial charge in [0.1, 0.15) is 17.7 Å². The lowest BCUT2D eigenvalue weighted by atomic mass is 9.93. The van der Waals surface area contributed by atoms with Crippen LogP contribution in [-0.2, 0) is 14.3 Å². The van der Waals surface area contributed by atoms with Crippen molar-refractivity contribution in [3.8, 4) is 0 Å². The van der Waals surface area contributed by atoms with Crippen LogP contribution in [0.15, 0.2) is 24.3 Å². The predicted molar refractivity (Wildman–Crippen MR) is 157 cm³/mol. The highest BCUT2D eigenvalue weighted by atomic mass is 16.6. The molecule has 0 spiro atoms. The van der Waals surface area contributed by atoms with E-state index in [2.05, 4.69) is 17.6 Å². The highest BCUT2D eigenvalue weighted by Crippen LogP contribution is 2.27. The lowest BCUT2D eigenvalue weighted by Crippen LogP contribution is -2.56. The highest BCUT2D eigenvalue weighted by molar-refractivity contribution is 5.92. The summed E-state index contributed by atoms with van der Waals surface area (Å²) in [4.78, 5) is 42.9. The van der Waals surface area contributed by atoms with Crippen LogP contribution in [0, 0.1) is 12.8 Å². The van der Waals surface area contributed by atoms with Gasteiger partial charge < -0.3 is 20.3 Å². The Hall–Kier alpha value is -2.57. The number of hydrogen-bond acceptors (Lipinski definition) is 4. The van der Waals surface area contributed by atoms with E-state index in [-0.39, 0.29) is 23.8 Å². The van der Waals surface area contributed by atoms with Crippen molar-refractivity contribution in [1.82, 2.24) is 15.5 Å². The molecule has 1 aromatic carbocycles. The number of hydrogen-bond donors (Lipinski definition) is 2. The first kappa shape index (κ1) is 32.6. The molecule has 3 unspecified atom stereocenters. The number of amides is 3. The molecule has 0 bridgehead atoms. The second-order valence-corrected chi connectivity index (χ2v) is 12.3. The van der Waals surface area contributed by atoms with Crippen molar-refractivity contribution in [2.24, 2.45) is 5.92 Å². The normalized spacial score (nSPS) is 16.6. The zero-order valence-electron chi connectivity index (χ0n) is 25.5. The van der Waals surface area contributed by atoms with Crippen LogP contribution in [0.4, 0.5) is 4.79 Å². The second-order valence-electron chi connectivity index (χ2n) is 12.3. The molecule has 0 aromatic heterocycles. The van der Waals surface area contributed by atoms with E-state index in [1.54, 1.807) is 25.7 Å². The van der Waals surface area contributed by atoms with Gasteiger partial charge in [0, 0.05) is 12.6 Å². The Kier molecular flexibility index (Phi) is 13.3. The molecule has 220 valence electrons. The van der Waals surface area contributed by atoms with Gasteiger partial charge in [0.15, 0.2) is 0 Å². The largest absolute Gasteiger partial charge is 0.444 e. The van der Waals surface area contributed by atoms with E-state index in [9.17, 15) is 14.4 Å². The van der Waals surface area contributed by atoms with Gasteiger partial charge in [-0.3, -0.25) is 9.59 Å². The van der Waals surface area contributed by atoms with E-state index in [4.69, 9.17) is 4.74 Å². The Morgan fingerprint density at radius 2 is 1.74 bits per heavy atom. The number of nitrogens with one attached hydrogen (secondary N) is 2. The summed E-state index contributed by atoms with van der Waals surface area (Å²) in [5.74, 6) is -0.517. The number of aryl methyl sites for hydroxylation is 1. The fourth-order valence-corrected chi connectivity index (χ4v) is 5.21. The number of ether oxygens (including phenoxy) is 1. The van der Waals surface area contributed by atoms with Crippen LogP contribution < -0.4 is 10.6 Å². The third-order valence-electron chi connectivity index (χ3n) is 7.56. The van der Waals surface area contributed by atoms with E-state index in [1.165, 1.54) is 6.42 Å². The van der Waals surface area contributed by atoms with Gasteiger partial charge in [0.25, 0.3) is 0 Å². The zero-order valence-corrected chi connectivity index (χ0v) is 25.5. The summed E-state index contributed by atoms with van der Waals surface area (Å²) in [5, 5.41) is 6.14. The Labute approximate surface area is 236 Å². The summed E-state index contributed by atoms with van der Waals surface area (Å²) in [6.07, 6.45) is 9.32. The molecule has 1 fully saturated rings. The maximum Gasteiger partial charge on any atom is 0.408 e. The SMILES string of the molecule is CCCCCCN(C(=O)C(NC(=O)OC(C)(C)C)C(C)CC)C(C(=O)NC1CCCCC1)c1cccc(C)c1. The average Bonchev–Trinajstić information content (AvgIpc) is 2.87. The van der Waals surface area contributed by atoms with E-state index >= 15 is 0 Å². The molecule has 1 saturated carbocycles. The minimum absolute atomic E-state index is 0.126. The first-order valence-electron chi connectivity index (χ1n) is 15.1. The Balaban J connectivity index is 2.48. The van der Waals surface area contributed by atoms with Crippen LogP contribution >= 0.6 is 0 Å².